The molecule has 9 heteroatoms. The van der Waals surface area contributed by atoms with Gasteiger partial charge in [-0.1, -0.05) is 55.8 Å². The van der Waals surface area contributed by atoms with Crippen LogP contribution in [0.25, 0.3) is 0 Å². The topological polar surface area (TPSA) is 94.9 Å². The molecule has 1 aromatic heterocycles. The van der Waals surface area contributed by atoms with Gasteiger partial charge in [-0.05, 0) is 67.6 Å². The second-order valence-electron chi connectivity index (χ2n) is 10.6. The Morgan fingerprint density at radius 2 is 1.82 bits per heavy atom. The van der Waals surface area contributed by atoms with Crippen LogP contribution in [0.4, 0.5) is 4.79 Å². The Morgan fingerprint density at radius 3 is 2.55 bits per heavy atom. The lowest BCUT2D eigenvalue weighted by atomic mass is 9.86. The van der Waals surface area contributed by atoms with Crippen molar-refractivity contribution in [2.75, 3.05) is 26.2 Å². The average Bonchev–Trinajstić information content (AvgIpc) is 3.36. The van der Waals surface area contributed by atoms with E-state index in [1.807, 2.05) is 61.5 Å². The van der Waals surface area contributed by atoms with Gasteiger partial charge in [0.25, 0.3) is 0 Å². The second kappa shape index (κ2) is 13.0. The molecule has 3 aliphatic rings. The summed E-state index contributed by atoms with van der Waals surface area (Å²) in [4.78, 5) is 27.7. The molecule has 4 heterocycles. The van der Waals surface area contributed by atoms with Gasteiger partial charge in [-0.2, -0.15) is 5.10 Å². The van der Waals surface area contributed by atoms with Crippen molar-refractivity contribution in [2.24, 2.45) is 13.0 Å². The van der Waals surface area contributed by atoms with E-state index in [4.69, 9.17) is 14.2 Å². The molecule has 1 N–H and O–H groups in total. The Bertz CT molecular complexity index is 1290. The minimum Gasteiger partial charge on any atom is -0.487 e. The molecule has 0 aliphatic carbocycles. The number of amides is 1. The third-order valence-corrected chi connectivity index (χ3v) is 7.74. The number of aryl methyl sites for hydroxylation is 1. The number of unbranched alkanes of at least 4 members (excludes halogenated alkanes) is 1. The van der Waals surface area contributed by atoms with Gasteiger partial charge in [0.2, 0.25) is 0 Å². The lowest BCUT2D eigenvalue weighted by molar-refractivity contribution is -0.0336. The second-order valence-corrected chi connectivity index (χ2v) is 10.6. The Hall–Kier alpha value is -3.85. The number of rotatable bonds is 11. The molecule has 9 nitrogen and oxygen atoms in total. The van der Waals surface area contributed by atoms with Gasteiger partial charge >= 0.3 is 12.1 Å². The zero-order valence-corrected chi connectivity index (χ0v) is 23.3. The molecule has 212 valence electrons. The molecule has 2 aromatic carbocycles. The summed E-state index contributed by atoms with van der Waals surface area (Å²) in [5.41, 5.74) is 2.83. The maximum Gasteiger partial charge on any atom is 0.408 e. The van der Waals surface area contributed by atoms with E-state index in [0.29, 0.717) is 18.3 Å². The number of piperidine rings is 3. The number of carbonyl (C=O) groups is 2. The SMILES string of the molecule is CCCCOC(=O)c1cc(COc2cccc([C@@H](NC(=O)O[C@H]3CN4CCC3CC4)c3ccccc3)c2)n(C)n1. The van der Waals surface area contributed by atoms with E-state index in [9.17, 15) is 9.59 Å². The highest BCUT2D eigenvalue weighted by molar-refractivity contribution is 5.87. The number of carbonyl (C=O) groups excluding carboxylic acids is 2. The van der Waals surface area contributed by atoms with Crippen LogP contribution in [0, 0.1) is 5.92 Å². The highest BCUT2D eigenvalue weighted by atomic mass is 16.6. The van der Waals surface area contributed by atoms with Crippen LogP contribution in [-0.4, -0.2) is 59.1 Å². The first-order valence-electron chi connectivity index (χ1n) is 14.2. The Kier molecular flexibility index (Phi) is 9.01. The highest BCUT2D eigenvalue weighted by Crippen LogP contribution is 2.30. The zero-order chi connectivity index (χ0) is 27.9. The van der Waals surface area contributed by atoms with E-state index in [2.05, 4.69) is 15.3 Å². The molecule has 6 rings (SSSR count). The molecule has 3 aliphatic heterocycles. The van der Waals surface area contributed by atoms with Crippen LogP contribution in [0.1, 0.15) is 66.0 Å². The summed E-state index contributed by atoms with van der Waals surface area (Å²) in [5.74, 6) is 0.645. The lowest BCUT2D eigenvalue weighted by Crippen LogP contribution is -2.52. The van der Waals surface area contributed by atoms with E-state index >= 15 is 0 Å². The summed E-state index contributed by atoms with van der Waals surface area (Å²) in [6.07, 6.45) is 3.46. The molecule has 0 spiro atoms. The summed E-state index contributed by atoms with van der Waals surface area (Å²) < 4.78 is 18.9. The number of nitrogens with one attached hydrogen (secondary N) is 1. The number of fused-ring (bicyclic) bond motifs is 3. The molecule has 3 fully saturated rings. The van der Waals surface area contributed by atoms with Crippen molar-refractivity contribution in [3.8, 4) is 5.75 Å². The fraction of sp³-hybridized carbons (Fsp3) is 0.452. The van der Waals surface area contributed by atoms with Gasteiger partial charge < -0.3 is 19.5 Å². The van der Waals surface area contributed by atoms with Crippen molar-refractivity contribution in [3.63, 3.8) is 0 Å². The van der Waals surface area contributed by atoms with Crippen molar-refractivity contribution in [1.82, 2.24) is 20.0 Å². The van der Waals surface area contributed by atoms with Crippen LogP contribution >= 0.6 is 0 Å². The summed E-state index contributed by atoms with van der Waals surface area (Å²) >= 11 is 0. The lowest BCUT2D eigenvalue weighted by Gasteiger charge is -2.43. The zero-order valence-electron chi connectivity index (χ0n) is 23.3. The first-order chi connectivity index (χ1) is 19.5. The third kappa shape index (κ3) is 6.83. The van der Waals surface area contributed by atoms with E-state index in [-0.39, 0.29) is 18.4 Å². The molecule has 0 radical (unpaired) electrons. The van der Waals surface area contributed by atoms with Crippen molar-refractivity contribution in [1.29, 1.82) is 0 Å². The molecule has 2 bridgehead atoms. The van der Waals surface area contributed by atoms with E-state index in [0.717, 1.165) is 62.1 Å². The summed E-state index contributed by atoms with van der Waals surface area (Å²) in [6.45, 7) is 5.64. The van der Waals surface area contributed by atoms with Crippen LogP contribution in [0.5, 0.6) is 5.75 Å². The van der Waals surface area contributed by atoms with Crippen molar-refractivity contribution in [2.45, 2.75) is 51.4 Å². The van der Waals surface area contributed by atoms with Gasteiger partial charge in [-0.25, -0.2) is 9.59 Å². The number of nitrogens with zero attached hydrogens (tertiary/aromatic N) is 3. The Balaban J connectivity index is 1.26. The summed E-state index contributed by atoms with van der Waals surface area (Å²) in [7, 11) is 1.77. The number of hydrogen-bond donors (Lipinski definition) is 1. The quantitative estimate of drug-likeness (QED) is 0.271. The number of hydrogen-bond acceptors (Lipinski definition) is 7. The largest absolute Gasteiger partial charge is 0.487 e. The van der Waals surface area contributed by atoms with E-state index in [1.54, 1.807) is 17.8 Å². The predicted octanol–water partition coefficient (Wildman–Crippen LogP) is 4.87. The van der Waals surface area contributed by atoms with Crippen molar-refractivity contribution < 1.29 is 23.8 Å². The summed E-state index contributed by atoms with van der Waals surface area (Å²) in [6, 6.07) is 18.8. The summed E-state index contributed by atoms with van der Waals surface area (Å²) in [5, 5.41) is 7.38. The number of esters is 1. The number of alkyl carbamates (subject to hydrolysis) is 1. The Morgan fingerprint density at radius 1 is 1.05 bits per heavy atom. The molecule has 2 atom stereocenters. The maximum atomic E-state index is 13.1. The fourth-order valence-electron chi connectivity index (χ4n) is 5.40. The smallest absolute Gasteiger partial charge is 0.408 e. The minimum atomic E-state index is -0.431. The van der Waals surface area contributed by atoms with Crippen LogP contribution in [0.2, 0.25) is 0 Å². The molecule has 1 amide bonds. The van der Waals surface area contributed by atoms with Gasteiger partial charge in [0.1, 0.15) is 18.5 Å². The molecule has 3 saturated heterocycles. The molecule has 40 heavy (non-hydrogen) atoms. The average molecular weight is 547 g/mol. The third-order valence-electron chi connectivity index (χ3n) is 7.74. The number of aromatic nitrogens is 2. The molecule has 3 aromatic rings. The monoisotopic (exact) mass is 546 g/mol. The van der Waals surface area contributed by atoms with Gasteiger partial charge in [0, 0.05) is 13.6 Å². The number of benzene rings is 2. The molecule has 0 unspecified atom stereocenters. The number of ether oxygens (including phenoxy) is 3. The normalized spacial score (nSPS) is 20.5. The van der Waals surface area contributed by atoms with E-state index in [1.165, 1.54) is 0 Å². The van der Waals surface area contributed by atoms with E-state index < -0.39 is 18.1 Å². The molecular formula is C31H38N4O5. The predicted molar refractivity (Wildman–Crippen MR) is 150 cm³/mol. The van der Waals surface area contributed by atoms with Gasteiger partial charge in [-0.3, -0.25) is 9.58 Å². The van der Waals surface area contributed by atoms with Gasteiger partial charge in [0.15, 0.2) is 5.69 Å². The Labute approximate surface area is 235 Å². The fourth-order valence-corrected chi connectivity index (χ4v) is 5.40. The molecule has 0 saturated carbocycles. The van der Waals surface area contributed by atoms with Crippen LogP contribution in [-0.2, 0) is 23.1 Å². The molecular weight excluding hydrogens is 508 g/mol. The van der Waals surface area contributed by atoms with Crippen LogP contribution in [0.3, 0.4) is 0 Å². The standard InChI is InChI=1S/C31H38N4O5/c1-3-4-17-38-30(36)27-19-25(34(2)33-27)21-39-26-12-8-11-24(18-26)29(23-9-6-5-7-10-23)32-31(37)40-28-20-35-15-13-22(28)14-16-35/h5-12,18-19,22,28-29H,3-4,13-17,20-21H2,1-2H3,(H,32,37)/t28-,29-/m0/s1. The van der Waals surface area contributed by atoms with Gasteiger partial charge in [0.05, 0.1) is 18.3 Å². The maximum absolute atomic E-state index is 13.1. The van der Waals surface area contributed by atoms with Crippen molar-refractivity contribution >= 4 is 12.1 Å². The van der Waals surface area contributed by atoms with Crippen LogP contribution < -0.4 is 10.1 Å². The minimum absolute atomic E-state index is 0.0682. The first kappa shape index (κ1) is 27.7. The van der Waals surface area contributed by atoms with Crippen molar-refractivity contribution in [3.05, 3.63) is 83.2 Å². The van der Waals surface area contributed by atoms with Crippen LogP contribution in [0.15, 0.2) is 60.7 Å². The highest BCUT2D eigenvalue weighted by Gasteiger charge is 2.36. The van der Waals surface area contributed by atoms with Gasteiger partial charge in [-0.15, -0.1) is 0 Å². The first-order valence-corrected chi connectivity index (χ1v) is 14.2.